The number of aromatic nitrogens is 1. The number of methoxy groups -OCH3 is 1. The Morgan fingerprint density at radius 3 is 2.15 bits per heavy atom. The Bertz CT molecular complexity index is 1510. The summed E-state index contributed by atoms with van der Waals surface area (Å²) in [6, 6.07) is 14.3. The molecular formula is C25H23N3O5S. The summed E-state index contributed by atoms with van der Waals surface area (Å²) in [6.07, 6.45) is 0.672. The summed E-state index contributed by atoms with van der Waals surface area (Å²) < 4.78 is 29.9. The molecule has 1 aromatic heterocycles. The van der Waals surface area contributed by atoms with Gasteiger partial charge >= 0.3 is 0 Å². The normalized spacial score (nSPS) is 14.9. The van der Waals surface area contributed by atoms with Crippen molar-refractivity contribution >= 4 is 15.8 Å². The van der Waals surface area contributed by atoms with Crippen molar-refractivity contribution in [3.05, 3.63) is 75.7 Å². The van der Waals surface area contributed by atoms with Gasteiger partial charge in [-0.3, -0.25) is 14.2 Å². The lowest BCUT2D eigenvalue weighted by atomic mass is 9.73. The molecule has 34 heavy (non-hydrogen) atoms. The number of fused-ring (bicyclic) bond motifs is 1. The van der Waals surface area contributed by atoms with E-state index in [2.05, 4.69) is 0 Å². The molecule has 0 fully saturated rings. The molecule has 0 saturated carbocycles. The molecule has 8 nitrogen and oxygen atoms in total. The zero-order chi connectivity index (χ0) is 24.8. The first-order valence-electron chi connectivity index (χ1n) is 10.5. The highest BCUT2D eigenvalue weighted by Gasteiger charge is 2.37. The number of pyridine rings is 1. The molecule has 9 heteroatoms. The molecule has 0 aliphatic heterocycles. The minimum absolute atomic E-state index is 0.107. The van der Waals surface area contributed by atoms with Crippen LogP contribution >= 0.6 is 0 Å². The van der Waals surface area contributed by atoms with Gasteiger partial charge in [0.15, 0.2) is 5.78 Å². The number of carbonyl (C=O) groups is 1. The lowest BCUT2D eigenvalue weighted by molar-refractivity contribution is 0.0909. The molecule has 1 heterocycles. The van der Waals surface area contributed by atoms with Gasteiger partial charge in [-0.05, 0) is 53.8 Å². The van der Waals surface area contributed by atoms with Crippen LogP contribution in [0.4, 0.5) is 0 Å². The Morgan fingerprint density at radius 2 is 1.62 bits per heavy atom. The first-order chi connectivity index (χ1) is 16.0. The number of nitrogens with two attached hydrogens (primary N) is 1. The van der Waals surface area contributed by atoms with Gasteiger partial charge in [0, 0.05) is 28.9 Å². The van der Waals surface area contributed by atoms with Gasteiger partial charge in [-0.1, -0.05) is 26.0 Å². The largest absolute Gasteiger partial charge is 0.497 e. The van der Waals surface area contributed by atoms with Crippen molar-refractivity contribution in [3.63, 3.8) is 0 Å². The average molecular weight is 478 g/mol. The van der Waals surface area contributed by atoms with E-state index in [1.54, 1.807) is 24.3 Å². The van der Waals surface area contributed by atoms with Gasteiger partial charge in [-0.15, -0.1) is 0 Å². The van der Waals surface area contributed by atoms with Crippen LogP contribution in [0.25, 0.3) is 16.8 Å². The van der Waals surface area contributed by atoms with Crippen LogP contribution in [0.1, 0.15) is 41.9 Å². The Hall–Kier alpha value is -3.74. The third-order valence-corrected chi connectivity index (χ3v) is 6.88. The molecule has 3 aromatic rings. The third-order valence-electron chi connectivity index (χ3n) is 5.95. The topological polar surface area (TPSA) is 132 Å². The lowest BCUT2D eigenvalue weighted by Crippen LogP contribution is -2.36. The van der Waals surface area contributed by atoms with Gasteiger partial charge in [-0.25, -0.2) is 13.6 Å². The van der Waals surface area contributed by atoms with E-state index in [0.717, 1.165) is 0 Å². The molecule has 0 unspecified atom stereocenters. The number of sulfonamides is 1. The second kappa shape index (κ2) is 8.24. The molecule has 0 radical (unpaired) electrons. The van der Waals surface area contributed by atoms with Crippen molar-refractivity contribution in [1.29, 1.82) is 5.26 Å². The summed E-state index contributed by atoms with van der Waals surface area (Å²) in [5.41, 5.74) is 0.879. The van der Waals surface area contributed by atoms with Crippen LogP contribution < -0.4 is 15.4 Å². The minimum atomic E-state index is -3.92. The van der Waals surface area contributed by atoms with Gasteiger partial charge in [-0.2, -0.15) is 5.26 Å². The van der Waals surface area contributed by atoms with Crippen LogP contribution in [0.15, 0.2) is 58.2 Å². The van der Waals surface area contributed by atoms with Crippen molar-refractivity contribution in [1.82, 2.24) is 4.57 Å². The number of ether oxygens (including phenoxy) is 1. The molecule has 2 N–H and O–H groups in total. The molecule has 2 aromatic carbocycles. The second-order valence-corrected chi connectivity index (χ2v) is 10.6. The number of primary sulfonamides is 1. The fourth-order valence-electron chi connectivity index (χ4n) is 4.44. The Labute approximate surface area is 197 Å². The van der Waals surface area contributed by atoms with Crippen LogP contribution in [-0.4, -0.2) is 25.9 Å². The smallest absolute Gasteiger partial charge is 0.273 e. The van der Waals surface area contributed by atoms with E-state index in [1.165, 1.54) is 35.9 Å². The van der Waals surface area contributed by atoms with Crippen molar-refractivity contribution in [2.45, 2.75) is 31.6 Å². The standard InChI is InChI=1S/C25H23N3O5S/c1-25(2)12-20-23(21(29)13-25)22(15-4-8-17(33-3)9-5-15)19(14-26)24(30)28(20)16-6-10-18(11-7-16)34(27,31)32/h4-11H,12-13H2,1-3H3,(H2,27,31,32). The highest BCUT2D eigenvalue weighted by atomic mass is 32.2. The summed E-state index contributed by atoms with van der Waals surface area (Å²) in [6.45, 7) is 3.88. The van der Waals surface area contributed by atoms with E-state index >= 15 is 0 Å². The molecule has 4 rings (SSSR count). The first kappa shape index (κ1) is 23.4. The van der Waals surface area contributed by atoms with Crippen LogP contribution in [0.5, 0.6) is 5.75 Å². The van der Waals surface area contributed by atoms with Gasteiger partial charge in [0.05, 0.1) is 12.0 Å². The molecule has 1 aliphatic rings. The molecular weight excluding hydrogens is 454 g/mol. The lowest BCUT2D eigenvalue weighted by Gasteiger charge is -2.33. The molecule has 0 spiro atoms. The number of carbonyl (C=O) groups excluding carboxylic acids is 1. The van der Waals surface area contributed by atoms with E-state index in [1.807, 2.05) is 19.9 Å². The zero-order valence-electron chi connectivity index (χ0n) is 19.0. The SMILES string of the molecule is COc1ccc(-c2c3c(n(-c4ccc(S(N)(=O)=O)cc4)c(=O)c2C#N)CC(C)(C)CC3=O)cc1. The Morgan fingerprint density at radius 1 is 1.00 bits per heavy atom. The van der Waals surface area contributed by atoms with Gasteiger partial charge in [0.25, 0.3) is 5.56 Å². The summed E-state index contributed by atoms with van der Waals surface area (Å²) in [5.74, 6) is 0.440. The molecule has 0 atom stereocenters. The quantitative estimate of drug-likeness (QED) is 0.614. The van der Waals surface area contributed by atoms with E-state index in [0.29, 0.717) is 40.2 Å². The fraction of sp³-hybridized carbons (Fsp3) is 0.240. The number of ketones is 1. The summed E-state index contributed by atoms with van der Waals surface area (Å²) in [5, 5.41) is 15.2. The highest BCUT2D eigenvalue weighted by Crippen LogP contribution is 2.40. The van der Waals surface area contributed by atoms with Crippen LogP contribution in [0, 0.1) is 16.7 Å². The molecule has 0 saturated heterocycles. The molecule has 0 bridgehead atoms. The van der Waals surface area contributed by atoms with Crippen LogP contribution in [-0.2, 0) is 16.4 Å². The minimum Gasteiger partial charge on any atom is -0.497 e. The zero-order valence-corrected chi connectivity index (χ0v) is 19.8. The van der Waals surface area contributed by atoms with Crippen molar-refractivity contribution in [2.24, 2.45) is 10.6 Å². The number of hydrogen-bond donors (Lipinski definition) is 1. The fourth-order valence-corrected chi connectivity index (χ4v) is 4.95. The number of Topliss-reactive ketones (excluding diaryl/α,β-unsaturated/α-hetero) is 1. The van der Waals surface area contributed by atoms with Crippen LogP contribution in [0.3, 0.4) is 0 Å². The summed E-state index contributed by atoms with van der Waals surface area (Å²) in [7, 11) is -2.39. The highest BCUT2D eigenvalue weighted by molar-refractivity contribution is 7.89. The number of benzene rings is 2. The number of nitrogens with zero attached hydrogens (tertiary/aromatic N) is 2. The molecule has 1 aliphatic carbocycles. The number of hydrogen-bond acceptors (Lipinski definition) is 6. The van der Waals surface area contributed by atoms with Crippen molar-refractivity contribution in [2.75, 3.05) is 7.11 Å². The van der Waals surface area contributed by atoms with E-state index < -0.39 is 21.0 Å². The predicted molar refractivity (Wildman–Crippen MR) is 127 cm³/mol. The van der Waals surface area contributed by atoms with E-state index in [9.17, 15) is 23.3 Å². The Balaban J connectivity index is 2.08. The van der Waals surface area contributed by atoms with Crippen molar-refractivity contribution < 1.29 is 17.9 Å². The maximum Gasteiger partial charge on any atom is 0.273 e. The average Bonchev–Trinajstić information content (AvgIpc) is 2.77. The van der Waals surface area contributed by atoms with Gasteiger partial charge < -0.3 is 4.74 Å². The molecule has 174 valence electrons. The molecule has 0 amide bonds. The van der Waals surface area contributed by atoms with Crippen LogP contribution in [0.2, 0.25) is 0 Å². The summed E-state index contributed by atoms with van der Waals surface area (Å²) >= 11 is 0. The number of rotatable bonds is 4. The second-order valence-electron chi connectivity index (χ2n) is 9.03. The third kappa shape index (κ3) is 4.02. The van der Waals surface area contributed by atoms with Gasteiger partial charge in [0.1, 0.15) is 17.4 Å². The maximum atomic E-state index is 13.7. The summed E-state index contributed by atoms with van der Waals surface area (Å²) in [4.78, 5) is 27.0. The number of nitriles is 1. The monoisotopic (exact) mass is 477 g/mol. The first-order valence-corrected chi connectivity index (χ1v) is 12.0. The maximum absolute atomic E-state index is 13.7. The van der Waals surface area contributed by atoms with E-state index in [-0.39, 0.29) is 22.7 Å². The van der Waals surface area contributed by atoms with Crippen molar-refractivity contribution in [3.8, 4) is 28.6 Å². The Kier molecular flexibility index (Phi) is 5.67. The van der Waals surface area contributed by atoms with E-state index in [4.69, 9.17) is 9.88 Å². The predicted octanol–water partition coefficient (Wildman–Crippen LogP) is 3.19. The van der Waals surface area contributed by atoms with Gasteiger partial charge in [0.2, 0.25) is 10.0 Å².